The second-order valence-electron chi connectivity index (χ2n) is 6.37. The molecule has 0 radical (unpaired) electrons. The number of benzene rings is 2. The molecule has 0 spiro atoms. The van der Waals surface area contributed by atoms with Crippen LogP contribution in [0.2, 0.25) is 0 Å². The van der Waals surface area contributed by atoms with E-state index < -0.39 is 10.0 Å². The number of urea groups is 1. The Bertz CT molecular complexity index is 1110. The van der Waals surface area contributed by atoms with Crippen LogP contribution in [0.3, 0.4) is 0 Å². The Labute approximate surface area is 173 Å². The lowest BCUT2D eigenvalue weighted by Crippen LogP contribution is -2.35. The summed E-state index contributed by atoms with van der Waals surface area (Å²) in [5.41, 5.74) is 1.03. The predicted molar refractivity (Wildman–Crippen MR) is 115 cm³/mol. The van der Waals surface area contributed by atoms with Gasteiger partial charge >= 0.3 is 6.03 Å². The van der Waals surface area contributed by atoms with E-state index in [4.69, 9.17) is 4.74 Å². The van der Waals surface area contributed by atoms with Crippen molar-refractivity contribution in [1.82, 2.24) is 10.3 Å². The summed E-state index contributed by atoms with van der Waals surface area (Å²) in [6, 6.07) is 11.2. The molecule has 0 fully saturated rings. The number of methoxy groups -OCH3 is 1. The van der Waals surface area contributed by atoms with Crippen LogP contribution in [0.25, 0.3) is 10.2 Å². The molecule has 0 bridgehead atoms. The molecule has 0 aliphatic rings. The summed E-state index contributed by atoms with van der Waals surface area (Å²) in [5, 5.41) is 5.80. The van der Waals surface area contributed by atoms with Crippen LogP contribution < -0.4 is 20.1 Å². The monoisotopic (exact) mass is 434 g/mol. The molecule has 29 heavy (non-hydrogen) atoms. The Balaban J connectivity index is 1.88. The van der Waals surface area contributed by atoms with Gasteiger partial charge in [-0.2, -0.15) is 0 Å². The van der Waals surface area contributed by atoms with Crippen LogP contribution in [0.4, 0.5) is 15.6 Å². The zero-order valence-electron chi connectivity index (χ0n) is 16.2. The lowest BCUT2D eigenvalue weighted by molar-refractivity contribution is 0.249. The number of hydrogen-bond donors (Lipinski definition) is 3. The van der Waals surface area contributed by atoms with E-state index in [1.54, 1.807) is 30.3 Å². The van der Waals surface area contributed by atoms with Gasteiger partial charge in [-0.1, -0.05) is 36.5 Å². The largest absolute Gasteiger partial charge is 0.494 e. The van der Waals surface area contributed by atoms with Crippen molar-refractivity contribution in [2.45, 2.75) is 31.2 Å². The van der Waals surface area contributed by atoms with Crippen molar-refractivity contribution in [3.05, 3.63) is 42.5 Å². The molecule has 8 nitrogen and oxygen atoms in total. The summed E-state index contributed by atoms with van der Waals surface area (Å²) in [4.78, 5) is 16.6. The number of thiazole rings is 1. The smallest absolute Gasteiger partial charge is 0.319 e. The summed E-state index contributed by atoms with van der Waals surface area (Å²) >= 11 is 1.15. The van der Waals surface area contributed by atoms with Crippen molar-refractivity contribution in [3.8, 4) is 5.75 Å². The SMILES string of the molecule is CC[C@H](C)NC(=O)Nc1cc(OC)c2nc(NS(=O)(=O)c3ccccc3)sc2c1. The Kier molecular flexibility index (Phi) is 6.23. The molecule has 154 valence electrons. The van der Waals surface area contributed by atoms with E-state index >= 15 is 0 Å². The highest BCUT2D eigenvalue weighted by Crippen LogP contribution is 2.36. The summed E-state index contributed by atoms with van der Waals surface area (Å²) in [6.45, 7) is 3.90. The van der Waals surface area contributed by atoms with Crippen LogP contribution in [0.15, 0.2) is 47.4 Å². The van der Waals surface area contributed by atoms with Crippen LogP contribution in [0, 0.1) is 0 Å². The first-order valence-electron chi connectivity index (χ1n) is 8.96. The number of fused-ring (bicyclic) bond motifs is 1. The van der Waals surface area contributed by atoms with E-state index in [0.717, 1.165) is 17.8 Å². The number of anilines is 2. The van der Waals surface area contributed by atoms with Crippen LogP contribution in [0.5, 0.6) is 5.75 Å². The fraction of sp³-hybridized carbons (Fsp3) is 0.263. The zero-order chi connectivity index (χ0) is 21.0. The number of aromatic nitrogens is 1. The van der Waals surface area contributed by atoms with Gasteiger partial charge in [-0.05, 0) is 31.5 Å². The van der Waals surface area contributed by atoms with E-state index in [1.807, 2.05) is 13.8 Å². The minimum Gasteiger partial charge on any atom is -0.494 e. The van der Waals surface area contributed by atoms with Gasteiger partial charge in [0.25, 0.3) is 10.0 Å². The lowest BCUT2D eigenvalue weighted by atomic mass is 10.2. The average molecular weight is 435 g/mol. The van der Waals surface area contributed by atoms with Crippen LogP contribution >= 0.6 is 11.3 Å². The quantitative estimate of drug-likeness (QED) is 0.520. The van der Waals surface area contributed by atoms with Crippen molar-refractivity contribution in [1.29, 1.82) is 0 Å². The number of carbonyl (C=O) groups excluding carboxylic acids is 1. The van der Waals surface area contributed by atoms with Crippen molar-refractivity contribution in [3.63, 3.8) is 0 Å². The number of rotatable bonds is 7. The number of amides is 2. The lowest BCUT2D eigenvalue weighted by Gasteiger charge is -2.13. The second-order valence-corrected chi connectivity index (χ2v) is 9.08. The van der Waals surface area contributed by atoms with E-state index in [-0.39, 0.29) is 22.1 Å². The minimum absolute atomic E-state index is 0.0445. The Morgan fingerprint density at radius 2 is 1.97 bits per heavy atom. The van der Waals surface area contributed by atoms with E-state index in [1.165, 1.54) is 19.2 Å². The molecule has 3 aromatic rings. The standard InChI is InChI=1S/C19H22N4O4S2/c1-4-12(2)20-18(24)21-13-10-15(27-3)17-16(11-13)28-19(22-17)23-29(25,26)14-8-6-5-7-9-14/h5-12H,4H2,1-3H3,(H,22,23)(H2,20,21,24)/t12-/m0/s1. The topological polar surface area (TPSA) is 109 Å². The molecule has 0 saturated carbocycles. The molecule has 3 N–H and O–H groups in total. The highest BCUT2D eigenvalue weighted by molar-refractivity contribution is 7.93. The molecule has 2 aromatic carbocycles. The first kappa shape index (κ1) is 20.9. The fourth-order valence-electron chi connectivity index (χ4n) is 2.54. The van der Waals surface area contributed by atoms with Gasteiger partial charge in [-0.3, -0.25) is 4.72 Å². The van der Waals surface area contributed by atoms with E-state index in [9.17, 15) is 13.2 Å². The Morgan fingerprint density at radius 1 is 1.24 bits per heavy atom. The molecule has 2 amide bonds. The maximum atomic E-state index is 12.5. The third-order valence-corrected chi connectivity index (χ3v) is 6.60. The fourth-order valence-corrected chi connectivity index (χ4v) is 4.72. The third-order valence-electron chi connectivity index (χ3n) is 4.20. The Hall–Kier alpha value is -2.85. The van der Waals surface area contributed by atoms with Gasteiger partial charge in [0.15, 0.2) is 5.13 Å². The summed E-state index contributed by atoms with van der Waals surface area (Å²) in [7, 11) is -2.26. The van der Waals surface area contributed by atoms with Gasteiger partial charge in [0.05, 0.1) is 16.7 Å². The number of carbonyl (C=O) groups is 1. The normalized spacial score (nSPS) is 12.4. The highest BCUT2D eigenvalue weighted by atomic mass is 32.2. The van der Waals surface area contributed by atoms with Crippen molar-refractivity contribution in [2.75, 3.05) is 17.1 Å². The molecule has 1 aromatic heterocycles. The zero-order valence-corrected chi connectivity index (χ0v) is 17.9. The Morgan fingerprint density at radius 3 is 2.62 bits per heavy atom. The van der Waals surface area contributed by atoms with Gasteiger partial charge in [0, 0.05) is 17.8 Å². The highest BCUT2D eigenvalue weighted by Gasteiger charge is 2.18. The molecule has 0 aliphatic heterocycles. The molecule has 0 unspecified atom stereocenters. The number of ether oxygens (including phenoxy) is 1. The van der Waals surface area contributed by atoms with Gasteiger partial charge in [0.1, 0.15) is 11.3 Å². The van der Waals surface area contributed by atoms with E-state index in [2.05, 4.69) is 20.3 Å². The maximum absolute atomic E-state index is 12.5. The van der Waals surface area contributed by atoms with Gasteiger partial charge in [-0.15, -0.1) is 0 Å². The molecular weight excluding hydrogens is 412 g/mol. The van der Waals surface area contributed by atoms with Crippen LogP contribution in [-0.2, 0) is 10.0 Å². The minimum atomic E-state index is -3.75. The van der Waals surface area contributed by atoms with Crippen molar-refractivity contribution in [2.24, 2.45) is 0 Å². The number of hydrogen-bond acceptors (Lipinski definition) is 6. The molecule has 1 atom stereocenters. The molecular formula is C19H22N4O4S2. The molecule has 3 rings (SSSR count). The number of nitrogens with zero attached hydrogens (tertiary/aromatic N) is 1. The van der Waals surface area contributed by atoms with Crippen LogP contribution in [0.1, 0.15) is 20.3 Å². The summed E-state index contributed by atoms with van der Waals surface area (Å²) in [6.07, 6.45) is 0.815. The van der Waals surface area contributed by atoms with Crippen molar-refractivity contribution >= 4 is 48.4 Å². The second kappa shape index (κ2) is 8.66. The summed E-state index contributed by atoms with van der Waals surface area (Å²) < 4.78 is 33.6. The maximum Gasteiger partial charge on any atom is 0.319 e. The molecule has 0 aliphatic carbocycles. The number of nitrogens with one attached hydrogen (secondary N) is 3. The van der Waals surface area contributed by atoms with Gasteiger partial charge in [-0.25, -0.2) is 18.2 Å². The van der Waals surface area contributed by atoms with Gasteiger partial charge < -0.3 is 15.4 Å². The average Bonchev–Trinajstić information content (AvgIpc) is 3.09. The molecule has 1 heterocycles. The predicted octanol–water partition coefficient (Wildman–Crippen LogP) is 4.03. The summed E-state index contributed by atoms with van der Waals surface area (Å²) in [5.74, 6) is 0.433. The molecule has 0 saturated heterocycles. The number of sulfonamides is 1. The molecule has 10 heteroatoms. The van der Waals surface area contributed by atoms with Gasteiger partial charge in [0.2, 0.25) is 0 Å². The van der Waals surface area contributed by atoms with Crippen LogP contribution in [-0.4, -0.2) is 32.6 Å². The first-order chi connectivity index (χ1) is 13.8. The third kappa shape index (κ3) is 4.96. The van der Waals surface area contributed by atoms with E-state index in [0.29, 0.717) is 21.7 Å². The van der Waals surface area contributed by atoms with Crippen molar-refractivity contribution < 1.29 is 17.9 Å². The first-order valence-corrected chi connectivity index (χ1v) is 11.3.